The van der Waals surface area contributed by atoms with Crippen LogP contribution in [-0.2, 0) is 14.3 Å². The van der Waals surface area contributed by atoms with E-state index in [0.29, 0.717) is 12.3 Å². The first-order chi connectivity index (χ1) is 9.92. The average Bonchev–Trinajstić information content (AvgIpc) is 2.38. The largest absolute Gasteiger partial charge is 0.465 e. The number of carbonyl (C=O) groups excluding carboxylic acids is 2. The van der Waals surface area contributed by atoms with Gasteiger partial charge in [0.15, 0.2) is 0 Å². The molecule has 21 heavy (non-hydrogen) atoms. The van der Waals surface area contributed by atoms with Gasteiger partial charge in [-0.05, 0) is 39.0 Å². The molecule has 1 aromatic carbocycles. The standard InChI is InChI=1S/C15H21FN2O3/c1-4-21-15(20)10-18(11(2)3)9-14(19)17-13-7-5-6-12(16)8-13/h5-8,11H,4,9-10H2,1-3H3,(H,17,19). The van der Waals surface area contributed by atoms with Crippen LogP contribution in [0.1, 0.15) is 20.8 Å². The first-order valence-electron chi connectivity index (χ1n) is 6.87. The van der Waals surface area contributed by atoms with Gasteiger partial charge in [-0.25, -0.2) is 4.39 Å². The van der Waals surface area contributed by atoms with Crippen LogP contribution in [0.4, 0.5) is 10.1 Å². The fourth-order valence-corrected chi connectivity index (χ4v) is 1.74. The van der Waals surface area contributed by atoms with E-state index in [4.69, 9.17) is 4.74 Å². The van der Waals surface area contributed by atoms with Gasteiger partial charge in [-0.15, -0.1) is 0 Å². The van der Waals surface area contributed by atoms with Crippen molar-refractivity contribution in [3.8, 4) is 0 Å². The molecule has 1 N–H and O–H groups in total. The number of hydrogen-bond acceptors (Lipinski definition) is 4. The molecule has 0 fully saturated rings. The Morgan fingerprint density at radius 2 is 2.05 bits per heavy atom. The van der Waals surface area contributed by atoms with Crippen LogP contribution in [0.15, 0.2) is 24.3 Å². The SMILES string of the molecule is CCOC(=O)CN(CC(=O)Nc1cccc(F)c1)C(C)C. The van der Waals surface area contributed by atoms with Gasteiger partial charge in [-0.1, -0.05) is 6.07 Å². The van der Waals surface area contributed by atoms with Crippen molar-refractivity contribution in [3.05, 3.63) is 30.1 Å². The Hall–Kier alpha value is -1.95. The molecule has 5 nitrogen and oxygen atoms in total. The lowest BCUT2D eigenvalue weighted by atomic mass is 10.3. The Balaban J connectivity index is 2.58. The molecule has 0 aliphatic rings. The molecule has 0 aliphatic carbocycles. The zero-order valence-corrected chi connectivity index (χ0v) is 12.6. The predicted octanol–water partition coefficient (Wildman–Crippen LogP) is 2.04. The van der Waals surface area contributed by atoms with E-state index in [1.807, 2.05) is 13.8 Å². The van der Waals surface area contributed by atoms with Crippen LogP contribution in [0.3, 0.4) is 0 Å². The Morgan fingerprint density at radius 1 is 1.33 bits per heavy atom. The second-order valence-corrected chi connectivity index (χ2v) is 4.86. The Labute approximate surface area is 124 Å². The van der Waals surface area contributed by atoms with Crippen LogP contribution in [0.5, 0.6) is 0 Å². The highest BCUT2D eigenvalue weighted by Crippen LogP contribution is 2.09. The summed E-state index contributed by atoms with van der Waals surface area (Å²) in [5, 5.41) is 2.60. The summed E-state index contributed by atoms with van der Waals surface area (Å²) in [6.45, 7) is 5.88. The zero-order valence-electron chi connectivity index (χ0n) is 12.6. The summed E-state index contributed by atoms with van der Waals surface area (Å²) in [7, 11) is 0. The maximum absolute atomic E-state index is 13.0. The van der Waals surface area contributed by atoms with Gasteiger partial charge >= 0.3 is 5.97 Å². The molecular formula is C15H21FN2O3. The molecule has 0 bridgehead atoms. The highest BCUT2D eigenvalue weighted by molar-refractivity contribution is 5.92. The van der Waals surface area contributed by atoms with Crippen LogP contribution >= 0.6 is 0 Å². The van der Waals surface area contributed by atoms with Crippen LogP contribution in [-0.4, -0.2) is 42.5 Å². The minimum Gasteiger partial charge on any atom is -0.465 e. The van der Waals surface area contributed by atoms with Crippen molar-refractivity contribution in [1.29, 1.82) is 0 Å². The van der Waals surface area contributed by atoms with Crippen molar-refractivity contribution in [3.63, 3.8) is 0 Å². The molecule has 0 saturated heterocycles. The molecule has 0 atom stereocenters. The van der Waals surface area contributed by atoms with E-state index < -0.39 is 5.82 Å². The number of hydrogen-bond donors (Lipinski definition) is 1. The van der Waals surface area contributed by atoms with Gasteiger partial charge in [-0.2, -0.15) is 0 Å². The lowest BCUT2D eigenvalue weighted by molar-refractivity contribution is -0.145. The molecule has 0 radical (unpaired) electrons. The van der Waals surface area contributed by atoms with Crippen LogP contribution in [0.2, 0.25) is 0 Å². The first-order valence-corrected chi connectivity index (χ1v) is 6.87. The fraction of sp³-hybridized carbons (Fsp3) is 0.467. The number of anilines is 1. The Kier molecular flexibility index (Phi) is 6.81. The number of amides is 1. The molecule has 0 aliphatic heterocycles. The summed E-state index contributed by atoms with van der Waals surface area (Å²) in [6, 6.07) is 5.67. The third-order valence-electron chi connectivity index (χ3n) is 2.82. The normalized spacial score (nSPS) is 10.8. The molecule has 0 saturated carbocycles. The van der Waals surface area contributed by atoms with Crippen molar-refractivity contribution >= 4 is 17.6 Å². The molecule has 0 heterocycles. The third-order valence-corrected chi connectivity index (χ3v) is 2.82. The smallest absolute Gasteiger partial charge is 0.320 e. The minimum atomic E-state index is -0.417. The quantitative estimate of drug-likeness (QED) is 0.782. The van der Waals surface area contributed by atoms with Gasteiger partial charge in [0.05, 0.1) is 19.7 Å². The number of halogens is 1. The van der Waals surface area contributed by atoms with Crippen molar-refractivity contribution in [2.24, 2.45) is 0 Å². The molecule has 0 aromatic heterocycles. The van der Waals surface area contributed by atoms with E-state index in [-0.39, 0.29) is 31.0 Å². The van der Waals surface area contributed by atoms with E-state index in [1.165, 1.54) is 18.2 Å². The molecule has 1 amide bonds. The molecule has 0 unspecified atom stereocenters. The fourth-order valence-electron chi connectivity index (χ4n) is 1.74. The third kappa shape index (κ3) is 6.35. The van der Waals surface area contributed by atoms with Crippen LogP contribution < -0.4 is 5.32 Å². The molecule has 6 heteroatoms. The summed E-state index contributed by atoms with van der Waals surface area (Å²) < 4.78 is 17.9. The van der Waals surface area contributed by atoms with Crippen molar-refractivity contribution in [1.82, 2.24) is 4.90 Å². The van der Waals surface area contributed by atoms with Gasteiger partial charge < -0.3 is 10.1 Å². The van der Waals surface area contributed by atoms with Gasteiger partial charge in [-0.3, -0.25) is 14.5 Å². The number of ether oxygens (including phenoxy) is 1. The first kappa shape index (κ1) is 17.1. The van der Waals surface area contributed by atoms with Gasteiger partial charge in [0.2, 0.25) is 5.91 Å². The highest BCUT2D eigenvalue weighted by Gasteiger charge is 2.18. The summed E-state index contributed by atoms with van der Waals surface area (Å²) >= 11 is 0. The van der Waals surface area contributed by atoms with Gasteiger partial charge in [0.1, 0.15) is 5.82 Å². The molecule has 0 spiro atoms. The average molecular weight is 296 g/mol. The number of esters is 1. The Bertz CT molecular complexity index is 492. The van der Waals surface area contributed by atoms with Gasteiger partial charge in [0, 0.05) is 11.7 Å². The van der Waals surface area contributed by atoms with Crippen LogP contribution in [0, 0.1) is 5.82 Å². The summed E-state index contributed by atoms with van der Waals surface area (Å²) in [6.07, 6.45) is 0. The number of rotatable bonds is 7. The highest BCUT2D eigenvalue weighted by atomic mass is 19.1. The second kappa shape index (κ2) is 8.36. The predicted molar refractivity (Wildman–Crippen MR) is 78.4 cm³/mol. The molecule has 1 aromatic rings. The minimum absolute atomic E-state index is 0.00710. The number of nitrogens with one attached hydrogen (secondary N) is 1. The van der Waals surface area contributed by atoms with E-state index >= 15 is 0 Å². The molecular weight excluding hydrogens is 275 g/mol. The summed E-state index contributed by atoms with van der Waals surface area (Å²) in [5.74, 6) is -1.09. The van der Waals surface area contributed by atoms with Crippen molar-refractivity contribution in [2.75, 3.05) is 25.0 Å². The zero-order chi connectivity index (χ0) is 15.8. The van der Waals surface area contributed by atoms with E-state index in [2.05, 4.69) is 5.32 Å². The van der Waals surface area contributed by atoms with E-state index in [0.717, 1.165) is 0 Å². The topological polar surface area (TPSA) is 58.6 Å². The molecule has 116 valence electrons. The lowest BCUT2D eigenvalue weighted by Gasteiger charge is -2.24. The number of nitrogens with zero attached hydrogens (tertiary/aromatic N) is 1. The van der Waals surface area contributed by atoms with Crippen molar-refractivity contribution in [2.45, 2.75) is 26.8 Å². The molecule has 1 rings (SSSR count). The van der Waals surface area contributed by atoms with Gasteiger partial charge in [0.25, 0.3) is 0 Å². The van der Waals surface area contributed by atoms with Crippen molar-refractivity contribution < 1.29 is 18.7 Å². The number of carbonyl (C=O) groups is 2. The lowest BCUT2D eigenvalue weighted by Crippen LogP contribution is -2.41. The number of benzene rings is 1. The maximum Gasteiger partial charge on any atom is 0.320 e. The van der Waals surface area contributed by atoms with E-state index in [1.54, 1.807) is 17.9 Å². The summed E-state index contributed by atoms with van der Waals surface area (Å²) in [5.41, 5.74) is 0.389. The Morgan fingerprint density at radius 3 is 2.62 bits per heavy atom. The second-order valence-electron chi connectivity index (χ2n) is 4.86. The summed E-state index contributed by atoms with van der Waals surface area (Å²) in [4.78, 5) is 25.1. The van der Waals surface area contributed by atoms with Crippen LogP contribution in [0.25, 0.3) is 0 Å². The van der Waals surface area contributed by atoms with E-state index in [9.17, 15) is 14.0 Å². The maximum atomic E-state index is 13.0. The monoisotopic (exact) mass is 296 g/mol.